The van der Waals surface area contributed by atoms with Crippen molar-refractivity contribution in [2.24, 2.45) is 0 Å². The summed E-state index contributed by atoms with van der Waals surface area (Å²) in [6.07, 6.45) is 1.99. The van der Waals surface area contributed by atoms with Gasteiger partial charge in [-0.15, -0.1) is 0 Å². The highest BCUT2D eigenvalue weighted by molar-refractivity contribution is 5.99. The maximum atomic E-state index is 12.3. The van der Waals surface area contributed by atoms with E-state index in [9.17, 15) is 9.59 Å². The van der Waals surface area contributed by atoms with E-state index in [2.05, 4.69) is 10.3 Å². The highest BCUT2D eigenvalue weighted by Gasteiger charge is 2.47. The van der Waals surface area contributed by atoms with E-state index < -0.39 is 5.60 Å². The Balaban J connectivity index is 1.87. The van der Waals surface area contributed by atoms with Crippen LogP contribution >= 0.6 is 0 Å². The number of pyridine rings is 1. The highest BCUT2D eigenvalue weighted by Crippen LogP contribution is 2.42. The molecule has 1 unspecified atom stereocenters. The van der Waals surface area contributed by atoms with E-state index in [1.807, 2.05) is 30.3 Å². The standard InChI is InChI=1S/C18H16N2O3/c1-18(2)16-15(17(22)23-18)12(9-14(21)20-16)10-5-6-13-11(8-10)4-3-7-19-13/h3-8,12H,9H2,1-2H3,(H,20,21). The number of carbonyl (C=O) groups excluding carboxylic acids is 2. The van der Waals surface area contributed by atoms with Crippen LogP contribution < -0.4 is 5.32 Å². The third-order valence-corrected chi connectivity index (χ3v) is 4.47. The van der Waals surface area contributed by atoms with Gasteiger partial charge in [-0.25, -0.2) is 4.79 Å². The number of amides is 1. The minimum absolute atomic E-state index is 0.0913. The van der Waals surface area contributed by atoms with E-state index in [0.717, 1.165) is 16.5 Å². The zero-order chi connectivity index (χ0) is 16.2. The lowest BCUT2D eigenvalue weighted by Gasteiger charge is -2.27. The van der Waals surface area contributed by atoms with Crippen LogP contribution in [0.1, 0.15) is 31.7 Å². The second-order valence-electron chi connectivity index (χ2n) is 6.45. The molecule has 3 heterocycles. The summed E-state index contributed by atoms with van der Waals surface area (Å²) in [6, 6.07) is 9.69. The first-order valence-electron chi connectivity index (χ1n) is 7.58. The quantitative estimate of drug-likeness (QED) is 0.822. The molecule has 23 heavy (non-hydrogen) atoms. The molecule has 0 fully saturated rings. The smallest absolute Gasteiger partial charge is 0.337 e. The van der Waals surface area contributed by atoms with Crippen LogP contribution in [0.2, 0.25) is 0 Å². The molecule has 1 aromatic carbocycles. The van der Waals surface area contributed by atoms with Gasteiger partial charge in [0.2, 0.25) is 5.91 Å². The molecule has 2 aliphatic heterocycles. The highest BCUT2D eigenvalue weighted by atomic mass is 16.6. The molecule has 0 spiro atoms. The Morgan fingerprint density at radius 3 is 2.91 bits per heavy atom. The Kier molecular flexibility index (Phi) is 2.82. The molecule has 2 aliphatic rings. The summed E-state index contributed by atoms with van der Waals surface area (Å²) in [4.78, 5) is 28.8. The number of fused-ring (bicyclic) bond motifs is 1. The van der Waals surface area contributed by atoms with Crippen molar-refractivity contribution in [3.05, 3.63) is 53.4 Å². The molecular formula is C18H16N2O3. The van der Waals surface area contributed by atoms with Gasteiger partial charge in [-0.05, 0) is 37.6 Å². The number of nitrogens with zero attached hydrogens (tertiary/aromatic N) is 1. The van der Waals surface area contributed by atoms with Gasteiger partial charge in [0.05, 0.1) is 16.8 Å². The van der Waals surface area contributed by atoms with Gasteiger partial charge in [0.15, 0.2) is 0 Å². The van der Waals surface area contributed by atoms with Gasteiger partial charge in [0.1, 0.15) is 5.60 Å². The largest absolute Gasteiger partial charge is 0.450 e. The topological polar surface area (TPSA) is 68.3 Å². The number of nitrogens with one attached hydrogen (secondary N) is 1. The van der Waals surface area contributed by atoms with E-state index in [1.165, 1.54) is 0 Å². The second kappa shape index (κ2) is 4.65. The molecule has 2 aromatic rings. The van der Waals surface area contributed by atoms with Crippen molar-refractivity contribution in [3.63, 3.8) is 0 Å². The van der Waals surface area contributed by atoms with Crippen LogP contribution in [0.5, 0.6) is 0 Å². The molecular weight excluding hydrogens is 292 g/mol. The molecule has 4 rings (SSSR count). The number of hydrogen-bond acceptors (Lipinski definition) is 4. The maximum Gasteiger partial charge on any atom is 0.337 e. The number of carbonyl (C=O) groups is 2. The lowest BCUT2D eigenvalue weighted by Crippen LogP contribution is -2.38. The van der Waals surface area contributed by atoms with Crippen molar-refractivity contribution in [2.75, 3.05) is 0 Å². The van der Waals surface area contributed by atoms with Crippen molar-refractivity contribution >= 4 is 22.8 Å². The number of rotatable bonds is 1. The van der Waals surface area contributed by atoms with Gasteiger partial charge >= 0.3 is 5.97 Å². The first-order valence-corrected chi connectivity index (χ1v) is 7.58. The third-order valence-electron chi connectivity index (χ3n) is 4.47. The Bertz CT molecular complexity index is 883. The molecule has 0 bridgehead atoms. The van der Waals surface area contributed by atoms with Gasteiger partial charge < -0.3 is 10.1 Å². The minimum atomic E-state index is -0.793. The number of esters is 1. The second-order valence-corrected chi connectivity index (χ2v) is 6.45. The summed E-state index contributed by atoms with van der Waals surface area (Å²) in [5.41, 5.74) is 2.19. The van der Waals surface area contributed by atoms with Gasteiger partial charge in [-0.3, -0.25) is 9.78 Å². The van der Waals surface area contributed by atoms with Gasteiger partial charge in [0, 0.05) is 23.9 Å². The van der Waals surface area contributed by atoms with E-state index in [0.29, 0.717) is 11.3 Å². The predicted molar refractivity (Wildman–Crippen MR) is 84.4 cm³/mol. The lowest BCUT2D eigenvalue weighted by molar-refractivity contribution is -0.144. The number of hydrogen-bond donors (Lipinski definition) is 1. The van der Waals surface area contributed by atoms with Crippen molar-refractivity contribution < 1.29 is 14.3 Å². The van der Waals surface area contributed by atoms with Crippen molar-refractivity contribution in [1.29, 1.82) is 0 Å². The Morgan fingerprint density at radius 2 is 2.09 bits per heavy atom. The summed E-state index contributed by atoms with van der Waals surface area (Å²) in [5, 5.41) is 3.81. The fraction of sp³-hybridized carbons (Fsp3) is 0.278. The third kappa shape index (κ3) is 2.11. The Morgan fingerprint density at radius 1 is 1.26 bits per heavy atom. The van der Waals surface area contributed by atoms with Gasteiger partial charge in [-0.1, -0.05) is 12.1 Å². The zero-order valence-electron chi connectivity index (χ0n) is 12.9. The molecule has 1 atom stereocenters. The van der Waals surface area contributed by atoms with Crippen LogP contribution in [-0.2, 0) is 14.3 Å². The molecule has 5 nitrogen and oxygen atoms in total. The summed E-state index contributed by atoms with van der Waals surface area (Å²) in [7, 11) is 0. The summed E-state index contributed by atoms with van der Waals surface area (Å²) < 4.78 is 5.44. The zero-order valence-corrected chi connectivity index (χ0v) is 12.9. The van der Waals surface area contributed by atoms with Crippen LogP contribution in [-0.4, -0.2) is 22.5 Å². The summed E-state index contributed by atoms with van der Waals surface area (Å²) in [5.74, 6) is -0.717. The first-order chi connectivity index (χ1) is 11.0. The fourth-order valence-electron chi connectivity index (χ4n) is 3.37. The molecule has 5 heteroatoms. The number of benzene rings is 1. The predicted octanol–water partition coefficient (Wildman–Crippen LogP) is 2.43. The van der Waals surface area contributed by atoms with Crippen LogP contribution in [0.15, 0.2) is 47.8 Å². The van der Waals surface area contributed by atoms with Gasteiger partial charge in [0.25, 0.3) is 0 Å². The van der Waals surface area contributed by atoms with Crippen LogP contribution in [0.3, 0.4) is 0 Å². The SMILES string of the molecule is CC1(C)OC(=O)C2=C1NC(=O)CC2c1ccc2ncccc2c1. The average Bonchev–Trinajstić information content (AvgIpc) is 2.75. The van der Waals surface area contributed by atoms with E-state index >= 15 is 0 Å². The van der Waals surface area contributed by atoms with E-state index in [-0.39, 0.29) is 24.2 Å². The minimum Gasteiger partial charge on any atom is -0.450 e. The molecule has 1 aromatic heterocycles. The monoisotopic (exact) mass is 308 g/mol. The summed E-state index contributed by atoms with van der Waals surface area (Å²) >= 11 is 0. The summed E-state index contributed by atoms with van der Waals surface area (Å²) in [6.45, 7) is 3.58. The average molecular weight is 308 g/mol. The molecule has 116 valence electrons. The van der Waals surface area contributed by atoms with Crippen molar-refractivity contribution in [1.82, 2.24) is 10.3 Å². The molecule has 0 radical (unpaired) electrons. The fourth-order valence-corrected chi connectivity index (χ4v) is 3.37. The molecule has 0 aliphatic carbocycles. The van der Waals surface area contributed by atoms with Crippen LogP contribution in [0.4, 0.5) is 0 Å². The molecule has 1 N–H and O–H groups in total. The van der Waals surface area contributed by atoms with E-state index in [4.69, 9.17) is 4.74 Å². The van der Waals surface area contributed by atoms with Crippen molar-refractivity contribution in [3.8, 4) is 0 Å². The van der Waals surface area contributed by atoms with E-state index in [1.54, 1.807) is 20.0 Å². The number of aromatic nitrogens is 1. The van der Waals surface area contributed by atoms with Crippen LogP contribution in [0, 0.1) is 0 Å². The first kappa shape index (κ1) is 13.9. The molecule has 0 saturated carbocycles. The molecule has 0 saturated heterocycles. The maximum absolute atomic E-state index is 12.3. The van der Waals surface area contributed by atoms with Gasteiger partial charge in [-0.2, -0.15) is 0 Å². The number of cyclic esters (lactones) is 1. The van der Waals surface area contributed by atoms with Crippen LogP contribution in [0.25, 0.3) is 10.9 Å². The Labute approximate surface area is 133 Å². The Hall–Kier alpha value is -2.69. The normalized spacial score (nSPS) is 22.8. The lowest BCUT2D eigenvalue weighted by atomic mass is 9.82. The van der Waals surface area contributed by atoms with Crippen molar-refractivity contribution in [2.45, 2.75) is 31.8 Å². The molecule has 1 amide bonds. The number of ether oxygens (including phenoxy) is 1.